The monoisotopic (exact) mass is 305 g/mol. The summed E-state index contributed by atoms with van der Waals surface area (Å²) in [5.41, 5.74) is 0.0373. The van der Waals surface area contributed by atoms with Gasteiger partial charge in [-0.1, -0.05) is 6.92 Å². The van der Waals surface area contributed by atoms with Crippen LogP contribution in [-0.2, 0) is 4.79 Å². The molecule has 1 aromatic carbocycles. The average Bonchev–Trinajstić information content (AvgIpc) is 2.42. The van der Waals surface area contributed by atoms with Crippen LogP contribution in [0.2, 0.25) is 0 Å². The van der Waals surface area contributed by atoms with Crippen LogP contribution in [0.4, 0.5) is 0 Å². The van der Waals surface area contributed by atoms with Gasteiger partial charge in [0.2, 0.25) is 0 Å². The van der Waals surface area contributed by atoms with Crippen molar-refractivity contribution >= 4 is 17.7 Å². The molecule has 2 N–H and O–H groups in total. The molecule has 1 aliphatic rings. The number of fused-ring (bicyclic) bond motifs is 1. The highest BCUT2D eigenvalue weighted by Crippen LogP contribution is 2.33. The molecule has 1 heterocycles. The summed E-state index contributed by atoms with van der Waals surface area (Å²) in [6.45, 7) is 5.33. The smallest absolute Gasteiger partial charge is 0.326 e. The summed E-state index contributed by atoms with van der Waals surface area (Å²) < 4.78 is 5.72. The lowest BCUT2D eigenvalue weighted by atomic mass is 9.92. The highest BCUT2D eigenvalue weighted by atomic mass is 16.5. The molecule has 0 bridgehead atoms. The first-order valence-electron chi connectivity index (χ1n) is 7.13. The predicted octanol–water partition coefficient (Wildman–Crippen LogP) is 2.02. The maximum atomic E-state index is 12.2. The zero-order valence-electron chi connectivity index (χ0n) is 12.8. The van der Waals surface area contributed by atoms with Gasteiger partial charge in [0, 0.05) is 5.56 Å². The van der Waals surface area contributed by atoms with Crippen LogP contribution >= 0.6 is 0 Å². The van der Waals surface area contributed by atoms with E-state index in [1.165, 1.54) is 12.1 Å². The Morgan fingerprint density at radius 2 is 2.09 bits per heavy atom. The predicted molar refractivity (Wildman–Crippen MR) is 79.3 cm³/mol. The molecule has 1 aliphatic heterocycles. The lowest BCUT2D eigenvalue weighted by molar-refractivity contribution is -0.139. The molecule has 1 aromatic rings. The molecule has 2 rings (SSSR count). The third-order valence-corrected chi connectivity index (χ3v) is 3.53. The molecule has 1 unspecified atom stereocenters. The van der Waals surface area contributed by atoms with E-state index in [2.05, 4.69) is 5.32 Å². The number of rotatable bonds is 4. The highest BCUT2D eigenvalue weighted by Gasteiger charge is 2.33. The van der Waals surface area contributed by atoms with Crippen molar-refractivity contribution in [1.29, 1.82) is 0 Å². The quantitative estimate of drug-likeness (QED) is 0.887. The number of benzene rings is 1. The summed E-state index contributed by atoms with van der Waals surface area (Å²) in [6, 6.07) is 3.60. The van der Waals surface area contributed by atoms with Crippen LogP contribution in [0.1, 0.15) is 54.3 Å². The van der Waals surface area contributed by atoms with Gasteiger partial charge in [-0.3, -0.25) is 9.59 Å². The van der Waals surface area contributed by atoms with Gasteiger partial charge in [0.05, 0.1) is 12.0 Å². The molecule has 0 radical (unpaired) electrons. The SMILES string of the molecule is CCC(NC(=O)c1ccc2c(c1)C(=O)CC(C)(C)O2)C(=O)O. The number of amides is 1. The number of carboxylic acid groups (broad SMARTS) is 1. The second-order valence-corrected chi connectivity index (χ2v) is 5.95. The van der Waals surface area contributed by atoms with Crippen LogP contribution < -0.4 is 10.1 Å². The van der Waals surface area contributed by atoms with Gasteiger partial charge < -0.3 is 15.2 Å². The summed E-state index contributed by atoms with van der Waals surface area (Å²) in [5.74, 6) is -1.25. The van der Waals surface area contributed by atoms with E-state index in [1.54, 1.807) is 13.0 Å². The van der Waals surface area contributed by atoms with Crippen molar-refractivity contribution in [3.05, 3.63) is 29.3 Å². The Kier molecular flexibility index (Phi) is 4.21. The Balaban J connectivity index is 2.25. The maximum absolute atomic E-state index is 12.2. The summed E-state index contributed by atoms with van der Waals surface area (Å²) in [4.78, 5) is 35.2. The number of ether oxygens (including phenoxy) is 1. The van der Waals surface area contributed by atoms with Crippen LogP contribution in [0.3, 0.4) is 0 Å². The number of Topliss-reactive ketones (excluding diaryl/α,β-unsaturated/α-hetero) is 1. The van der Waals surface area contributed by atoms with Crippen molar-refractivity contribution in [2.45, 2.75) is 45.3 Å². The fourth-order valence-corrected chi connectivity index (χ4v) is 2.37. The highest BCUT2D eigenvalue weighted by molar-refractivity contribution is 6.04. The fourth-order valence-electron chi connectivity index (χ4n) is 2.37. The average molecular weight is 305 g/mol. The zero-order valence-corrected chi connectivity index (χ0v) is 12.8. The van der Waals surface area contributed by atoms with Crippen molar-refractivity contribution < 1.29 is 24.2 Å². The maximum Gasteiger partial charge on any atom is 0.326 e. The molecular weight excluding hydrogens is 286 g/mol. The van der Waals surface area contributed by atoms with Crippen LogP contribution in [0.15, 0.2) is 18.2 Å². The molecule has 1 atom stereocenters. The van der Waals surface area contributed by atoms with E-state index in [-0.39, 0.29) is 24.2 Å². The van der Waals surface area contributed by atoms with E-state index in [9.17, 15) is 14.4 Å². The molecular formula is C16H19NO5. The van der Waals surface area contributed by atoms with Crippen LogP contribution in [0, 0.1) is 0 Å². The van der Waals surface area contributed by atoms with Crippen LogP contribution in [0.25, 0.3) is 0 Å². The van der Waals surface area contributed by atoms with Crippen molar-refractivity contribution in [2.24, 2.45) is 0 Å². The minimum Gasteiger partial charge on any atom is -0.487 e. The van der Waals surface area contributed by atoms with Gasteiger partial charge in [0.1, 0.15) is 17.4 Å². The first-order chi connectivity index (χ1) is 10.2. The lowest BCUT2D eigenvalue weighted by Crippen LogP contribution is -2.40. The number of carbonyl (C=O) groups excluding carboxylic acids is 2. The van der Waals surface area contributed by atoms with Crippen LogP contribution in [0.5, 0.6) is 5.75 Å². The number of hydrogen-bond donors (Lipinski definition) is 2. The lowest BCUT2D eigenvalue weighted by Gasteiger charge is -2.31. The van der Waals surface area contributed by atoms with Gasteiger partial charge in [0.15, 0.2) is 5.78 Å². The van der Waals surface area contributed by atoms with Crippen molar-refractivity contribution in [2.75, 3.05) is 0 Å². The van der Waals surface area contributed by atoms with Gasteiger partial charge >= 0.3 is 5.97 Å². The topological polar surface area (TPSA) is 92.7 Å². The number of hydrogen-bond acceptors (Lipinski definition) is 4. The minimum absolute atomic E-state index is 0.0915. The minimum atomic E-state index is -1.09. The second kappa shape index (κ2) is 5.79. The number of carbonyl (C=O) groups is 3. The molecule has 118 valence electrons. The molecule has 0 saturated carbocycles. The largest absolute Gasteiger partial charge is 0.487 e. The van der Waals surface area contributed by atoms with Crippen LogP contribution in [-0.4, -0.2) is 34.4 Å². The Hall–Kier alpha value is -2.37. The molecule has 0 aliphatic carbocycles. The van der Waals surface area contributed by atoms with E-state index in [0.29, 0.717) is 11.3 Å². The molecule has 0 saturated heterocycles. The van der Waals surface area contributed by atoms with Gasteiger partial charge in [-0.05, 0) is 38.5 Å². The third-order valence-electron chi connectivity index (χ3n) is 3.53. The fraction of sp³-hybridized carbons (Fsp3) is 0.438. The van der Waals surface area contributed by atoms with Crippen molar-refractivity contribution in [3.8, 4) is 5.75 Å². The normalized spacial score (nSPS) is 17.1. The first-order valence-corrected chi connectivity index (χ1v) is 7.13. The molecule has 6 nitrogen and oxygen atoms in total. The number of aliphatic carboxylic acids is 1. The summed E-state index contributed by atoms with van der Waals surface area (Å²) in [7, 11) is 0. The van der Waals surface area contributed by atoms with Gasteiger partial charge in [-0.2, -0.15) is 0 Å². The second-order valence-electron chi connectivity index (χ2n) is 5.95. The number of nitrogens with one attached hydrogen (secondary N) is 1. The zero-order chi connectivity index (χ0) is 16.5. The summed E-state index contributed by atoms with van der Waals surface area (Å²) in [5, 5.41) is 11.4. The van der Waals surface area contributed by atoms with Crippen molar-refractivity contribution in [3.63, 3.8) is 0 Å². The van der Waals surface area contributed by atoms with Crippen molar-refractivity contribution in [1.82, 2.24) is 5.32 Å². The Morgan fingerprint density at radius 1 is 1.41 bits per heavy atom. The van der Waals surface area contributed by atoms with E-state index in [4.69, 9.17) is 9.84 Å². The Morgan fingerprint density at radius 3 is 2.68 bits per heavy atom. The Bertz CT molecular complexity index is 635. The molecule has 22 heavy (non-hydrogen) atoms. The molecule has 6 heteroatoms. The Labute approximate surface area is 128 Å². The van der Waals surface area contributed by atoms with Gasteiger partial charge in [-0.25, -0.2) is 4.79 Å². The van der Waals surface area contributed by atoms with E-state index in [1.807, 2.05) is 13.8 Å². The van der Waals surface area contributed by atoms with Gasteiger partial charge in [-0.15, -0.1) is 0 Å². The first kappa shape index (κ1) is 16.0. The molecule has 0 fully saturated rings. The molecule has 0 spiro atoms. The van der Waals surface area contributed by atoms with E-state index >= 15 is 0 Å². The van der Waals surface area contributed by atoms with E-state index < -0.39 is 23.5 Å². The molecule has 1 amide bonds. The number of ketones is 1. The number of carboxylic acids is 1. The van der Waals surface area contributed by atoms with E-state index in [0.717, 1.165) is 0 Å². The van der Waals surface area contributed by atoms with Gasteiger partial charge in [0.25, 0.3) is 5.91 Å². The molecule has 0 aromatic heterocycles. The third kappa shape index (κ3) is 3.27. The standard InChI is InChI=1S/C16H19NO5/c1-4-11(15(20)21)17-14(19)9-5-6-13-10(7-9)12(18)8-16(2,3)22-13/h5-7,11H,4,8H2,1-3H3,(H,17,19)(H,20,21). The summed E-state index contributed by atoms with van der Waals surface area (Å²) in [6.07, 6.45) is 0.514. The summed E-state index contributed by atoms with van der Waals surface area (Å²) >= 11 is 0.